The number of piperidine rings is 1. The van der Waals surface area contributed by atoms with Crippen LogP contribution in [0.4, 0.5) is 5.69 Å². The Labute approximate surface area is 171 Å². The first-order chi connectivity index (χ1) is 13.9. The molecule has 1 fully saturated rings. The molecule has 6 nitrogen and oxygen atoms in total. The van der Waals surface area contributed by atoms with E-state index in [-0.39, 0.29) is 18.4 Å². The van der Waals surface area contributed by atoms with Gasteiger partial charge in [0.2, 0.25) is 0 Å². The highest BCUT2D eigenvalue weighted by molar-refractivity contribution is 5.94. The van der Waals surface area contributed by atoms with Gasteiger partial charge in [0, 0.05) is 30.4 Å². The monoisotopic (exact) mass is 396 g/mol. The lowest BCUT2D eigenvalue weighted by atomic mass is 9.91. The third-order valence-electron chi connectivity index (χ3n) is 4.98. The van der Waals surface area contributed by atoms with E-state index in [2.05, 4.69) is 19.2 Å². The summed E-state index contributed by atoms with van der Waals surface area (Å²) in [4.78, 5) is 26.8. The Morgan fingerprint density at radius 2 is 1.72 bits per heavy atom. The molecule has 2 atom stereocenters. The van der Waals surface area contributed by atoms with Crippen molar-refractivity contribution in [3.05, 3.63) is 54.1 Å². The molecule has 154 valence electrons. The van der Waals surface area contributed by atoms with Gasteiger partial charge in [0.05, 0.1) is 7.11 Å². The summed E-state index contributed by atoms with van der Waals surface area (Å²) < 4.78 is 10.7. The average Bonchev–Trinajstić information content (AvgIpc) is 2.71. The molecule has 0 spiro atoms. The molecule has 6 heteroatoms. The van der Waals surface area contributed by atoms with Gasteiger partial charge in [-0.1, -0.05) is 19.9 Å². The number of nitrogens with zero attached hydrogens (tertiary/aromatic N) is 1. The maximum atomic E-state index is 12.7. The van der Waals surface area contributed by atoms with Crippen molar-refractivity contribution in [2.24, 2.45) is 11.8 Å². The molecule has 3 rings (SSSR count). The summed E-state index contributed by atoms with van der Waals surface area (Å²) in [5, 5.41) is 2.76. The Balaban J connectivity index is 1.52. The fourth-order valence-electron chi connectivity index (χ4n) is 3.75. The molecular weight excluding hydrogens is 368 g/mol. The van der Waals surface area contributed by atoms with Crippen molar-refractivity contribution in [2.45, 2.75) is 20.3 Å². The van der Waals surface area contributed by atoms with Crippen LogP contribution in [0.3, 0.4) is 0 Å². The van der Waals surface area contributed by atoms with Gasteiger partial charge in [-0.25, -0.2) is 0 Å². The highest BCUT2D eigenvalue weighted by atomic mass is 16.5. The summed E-state index contributed by atoms with van der Waals surface area (Å²) >= 11 is 0. The van der Waals surface area contributed by atoms with Gasteiger partial charge in [0.15, 0.2) is 6.61 Å². The number of anilines is 1. The van der Waals surface area contributed by atoms with Gasteiger partial charge < -0.3 is 19.7 Å². The van der Waals surface area contributed by atoms with Crippen LogP contribution < -0.4 is 14.8 Å². The number of amides is 2. The molecule has 1 heterocycles. The van der Waals surface area contributed by atoms with E-state index < -0.39 is 0 Å². The van der Waals surface area contributed by atoms with Crippen LogP contribution in [0.1, 0.15) is 30.6 Å². The minimum atomic E-state index is -0.269. The zero-order valence-electron chi connectivity index (χ0n) is 17.2. The van der Waals surface area contributed by atoms with Crippen molar-refractivity contribution >= 4 is 17.5 Å². The standard InChI is InChI=1S/C23H28N2O4/c1-16-11-17(2)14-25(13-16)23(27)18-7-9-20(10-8-18)29-15-22(26)24-19-5-4-6-21(12-19)28-3/h4-10,12,16-17H,11,13-15H2,1-3H3,(H,24,26). The molecule has 1 N–H and O–H groups in total. The van der Waals surface area contributed by atoms with Crippen LogP contribution in [0.15, 0.2) is 48.5 Å². The van der Waals surface area contributed by atoms with E-state index in [1.807, 2.05) is 4.90 Å². The maximum Gasteiger partial charge on any atom is 0.262 e. The predicted molar refractivity (Wildman–Crippen MR) is 112 cm³/mol. The highest BCUT2D eigenvalue weighted by Crippen LogP contribution is 2.23. The smallest absolute Gasteiger partial charge is 0.262 e. The van der Waals surface area contributed by atoms with Gasteiger partial charge in [0.25, 0.3) is 11.8 Å². The van der Waals surface area contributed by atoms with Crippen LogP contribution >= 0.6 is 0 Å². The van der Waals surface area contributed by atoms with Crippen molar-refractivity contribution in [1.29, 1.82) is 0 Å². The molecule has 0 saturated carbocycles. The Morgan fingerprint density at radius 1 is 1.03 bits per heavy atom. The van der Waals surface area contributed by atoms with Gasteiger partial charge in [-0.2, -0.15) is 0 Å². The molecule has 2 amide bonds. The number of hydrogen-bond donors (Lipinski definition) is 1. The SMILES string of the molecule is COc1cccc(NC(=O)COc2ccc(C(=O)N3CC(C)CC(C)C3)cc2)c1. The maximum absolute atomic E-state index is 12.7. The lowest BCUT2D eigenvalue weighted by Gasteiger charge is -2.35. The molecule has 0 radical (unpaired) electrons. The van der Waals surface area contributed by atoms with E-state index in [0.29, 0.717) is 34.6 Å². The number of methoxy groups -OCH3 is 1. The number of ether oxygens (including phenoxy) is 2. The van der Waals surface area contributed by atoms with Crippen molar-refractivity contribution in [1.82, 2.24) is 4.90 Å². The molecule has 1 aliphatic heterocycles. The van der Waals surface area contributed by atoms with E-state index in [0.717, 1.165) is 19.5 Å². The molecule has 1 saturated heterocycles. The fourth-order valence-corrected chi connectivity index (χ4v) is 3.75. The van der Waals surface area contributed by atoms with Crippen LogP contribution in [0.2, 0.25) is 0 Å². The Morgan fingerprint density at radius 3 is 2.38 bits per heavy atom. The summed E-state index contributed by atoms with van der Waals surface area (Å²) in [5.41, 5.74) is 1.28. The summed E-state index contributed by atoms with van der Waals surface area (Å²) in [6.45, 7) is 5.84. The van der Waals surface area contributed by atoms with Crippen molar-refractivity contribution in [2.75, 3.05) is 32.1 Å². The first kappa shape index (κ1) is 20.7. The van der Waals surface area contributed by atoms with Crippen LogP contribution in [0.5, 0.6) is 11.5 Å². The van der Waals surface area contributed by atoms with Gasteiger partial charge in [0.1, 0.15) is 11.5 Å². The topological polar surface area (TPSA) is 67.9 Å². The molecule has 2 aromatic carbocycles. The summed E-state index contributed by atoms with van der Waals surface area (Å²) in [5.74, 6) is 2.03. The molecule has 2 unspecified atom stereocenters. The Kier molecular flexibility index (Phi) is 6.75. The Hall–Kier alpha value is -3.02. The van der Waals surface area contributed by atoms with Gasteiger partial charge in [-0.3, -0.25) is 9.59 Å². The second kappa shape index (κ2) is 9.45. The minimum Gasteiger partial charge on any atom is -0.497 e. The van der Waals surface area contributed by atoms with Crippen molar-refractivity contribution in [3.8, 4) is 11.5 Å². The van der Waals surface area contributed by atoms with E-state index in [9.17, 15) is 9.59 Å². The first-order valence-electron chi connectivity index (χ1n) is 9.90. The average molecular weight is 396 g/mol. The number of benzene rings is 2. The van der Waals surface area contributed by atoms with Crippen LogP contribution in [-0.2, 0) is 4.79 Å². The zero-order chi connectivity index (χ0) is 20.8. The second-order valence-electron chi connectivity index (χ2n) is 7.75. The Bertz CT molecular complexity index is 840. The van der Waals surface area contributed by atoms with Crippen molar-refractivity contribution < 1.29 is 19.1 Å². The minimum absolute atomic E-state index is 0.0470. The van der Waals surface area contributed by atoms with E-state index in [1.54, 1.807) is 55.6 Å². The third-order valence-corrected chi connectivity index (χ3v) is 4.98. The molecule has 2 aromatic rings. The van der Waals surface area contributed by atoms with E-state index >= 15 is 0 Å². The molecule has 29 heavy (non-hydrogen) atoms. The number of hydrogen-bond acceptors (Lipinski definition) is 4. The normalized spacial score (nSPS) is 18.8. The number of carbonyl (C=O) groups excluding carboxylic acids is 2. The summed E-state index contributed by atoms with van der Waals surface area (Å²) in [7, 11) is 1.57. The number of rotatable bonds is 6. The lowest BCUT2D eigenvalue weighted by Crippen LogP contribution is -2.42. The quantitative estimate of drug-likeness (QED) is 0.806. The van der Waals surface area contributed by atoms with Gasteiger partial charge in [-0.15, -0.1) is 0 Å². The lowest BCUT2D eigenvalue weighted by molar-refractivity contribution is -0.118. The summed E-state index contributed by atoms with van der Waals surface area (Å²) in [6, 6.07) is 14.1. The third kappa shape index (κ3) is 5.73. The molecule has 0 bridgehead atoms. The van der Waals surface area contributed by atoms with Crippen LogP contribution in [-0.4, -0.2) is 43.5 Å². The largest absolute Gasteiger partial charge is 0.497 e. The van der Waals surface area contributed by atoms with Gasteiger partial charge >= 0.3 is 0 Å². The zero-order valence-corrected chi connectivity index (χ0v) is 17.2. The predicted octanol–water partition coefficient (Wildman–Crippen LogP) is 3.83. The fraction of sp³-hybridized carbons (Fsp3) is 0.391. The molecule has 0 aromatic heterocycles. The van der Waals surface area contributed by atoms with Crippen LogP contribution in [0, 0.1) is 11.8 Å². The summed E-state index contributed by atoms with van der Waals surface area (Å²) in [6.07, 6.45) is 1.16. The number of likely N-dealkylation sites (tertiary alicyclic amines) is 1. The number of carbonyl (C=O) groups is 2. The first-order valence-corrected chi connectivity index (χ1v) is 9.90. The molecular formula is C23H28N2O4. The van der Waals surface area contributed by atoms with E-state index in [4.69, 9.17) is 9.47 Å². The van der Waals surface area contributed by atoms with Crippen LogP contribution in [0.25, 0.3) is 0 Å². The van der Waals surface area contributed by atoms with Crippen molar-refractivity contribution in [3.63, 3.8) is 0 Å². The van der Waals surface area contributed by atoms with E-state index in [1.165, 1.54) is 0 Å². The van der Waals surface area contributed by atoms with Gasteiger partial charge in [-0.05, 0) is 54.7 Å². The highest BCUT2D eigenvalue weighted by Gasteiger charge is 2.26. The number of nitrogens with one attached hydrogen (secondary N) is 1. The molecule has 0 aliphatic carbocycles. The second-order valence-corrected chi connectivity index (χ2v) is 7.75. The molecule has 1 aliphatic rings.